The van der Waals surface area contributed by atoms with Gasteiger partial charge in [-0.2, -0.15) is 0 Å². The maximum absolute atomic E-state index is 13.5. The highest BCUT2D eigenvalue weighted by atomic mass is 16.7. The molecule has 1 fully saturated rings. The molecule has 0 aromatic carbocycles. The van der Waals surface area contributed by atoms with Crippen LogP contribution in [0.3, 0.4) is 0 Å². The third-order valence-corrected chi connectivity index (χ3v) is 16.8. The van der Waals surface area contributed by atoms with Crippen molar-refractivity contribution in [2.24, 2.45) is 0 Å². The minimum atomic E-state index is -1.62. The molecule has 1 aliphatic heterocycles. The lowest BCUT2D eigenvalue weighted by Crippen LogP contribution is -2.61. The minimum absolute atomic E-state index is 0.120. The Morgan fingerprint density at radius 1 is 0.453 bits per heavy atom. The zero-order valence-corrected chi connectivity index (χ0v) is 55.7. The van der Waals surface area contributed by atoms with Gasteiger partial charge in [0.1, 0.15) is 24.4 Å². The Morgan fingerprint density at radius 3 is 1.23 bits per heavy atom. The Labute approximate surface area is 528 Å². The molecule has 8 atom stereocenters. The summed E-state index contributed by atoms with van der Waals surface area (Å²) in [5.41, 5.74) is 0. The summed E-state index contributed by atoms with van der Waals surface area (Å²) in [6.07, 6.45) is 71.0. The Balaban J connectivity index is 2.55. The Kier molecular flexibility index (Phi) is 58.8. The molecule has 1 heterocycles. The van der Waals surface area contributed by atoms with Crippen LogP contribution in [0.1, 0.15) is 329 Å². The normalized spacial score (nSPS) is 18.7. The molecule has 0 saturated carbocycles. The van der Waals surface area contributed by atoms with Crippen molar-refractivity contribution < 1.29 is 49.3 Å². The number of carbonyl (C=O) groups excluding carboxylic acids is 2. The van der Waals surface area contributed by atoms with Crippen molar-refractivity contribution >= 4 is 11.9 Å². The smallest absolute Gasteiger partial charge is 0.306 e. The number of ether oxygens (including phenoxy) is 3. The first-order chi connectivity index (χ1) is 42.2. The van der Waals surface area contributed by atoms with Gasteiger partial charge < -0.3 is 45.1 Å². The summed E-state index contributed by atoms with van der Waals surface area (Å²) in [6, 6.07) is -1.04. The molecule has 1 saturated heterocycles. The summed E-state index contributed by atoms with van der Waals surface area (Å²) in [6.45, 7) is 5.77. The molecular formula is C75H135NO10. The van der Waals surface area contributed by atoms with Crippen LogP contribution in [0.2, 0.25) is 0 Å². The van der Waals surface area contributed by atoms with Crippen molar-refractivity contribution in [1.29, 1.82) is 0 Å². The highest BCUT2D eigenvalue weighted by Crippen LogP contribution is 2.26. The van der Waals surface area contributed by atoms with Crippen LogP contribution in [0, 0.1) is 0 Å². The van der Waals surface area contributed by atoms with Gasteiger partial charge in [-0.05, 0) is 96.3 Å². The molecule has 6 N–H and O–H groups in total. The summed E-state index contributed by atoms with van der Waals surface area (Å²) < 4.78 is 17.7. The average Bonchev–Trinajstić information content (AvgIpc) is 3.59. The first-order valence-corrected chi connectivity index (χ1v) is 36.2. The molecule has 500 valence electrons. The highest BCUT2D eigenvalue weighted by Gasteiger charge is 2.47. The second-order valence-electron chi connectivity index (χ2n) is 25.0. The van der Waals surface area contributed by atoms with Gasteiger partial charge in [0.25, 0.3) is 0 Å². The third-order valence-electron chi connectivity index (χ3n) is 16.8. The fourth-order valence-electron chi connectivity index (χ4n) is 11.1. The van der Waals surface area contributed by atoms with E-state index in [2.05, 4.69) is 86.8 Å². The Morgan fingerprint density at radius 2 is 0.802 bits per heavy atom. The topological polar surface area (TPSA) is 175 Å². The fraction of sp³-hybridized carbons (Fsp3) is 0.813. The maximum Gasteiger partial charge on any atom is 0.306 e. The largest absolute Gasteiger partial charge is 0.454 e. The molecule has 0 aliphatic carbocycles. The zero-order chi connectivity index (χ0) is 62.4. The van der Waals surface area contributed by atoms with E-state index in [1.54, 1.807) is 6.08 Å². The van der Waals surface area contributed by atoms with Gasteiger partial charge in [-0.1, -0.05) is 299 Å². The monoisotopic (exact) mass is 1210 g/mol. The zero-order valence-electron chi connectivity index (χ0n) is 55.7. The van der Waals surface area contributed by atoms with Crippen molar-refractivity contribution in [2.45, 2.75) is 378 Å². The number of amides is 1. The molecule has 1 aliphatic rings. The van der Waals surface area contributed by atoms with E-state index in [-0.39, 0.29) is 19.4 Å². The van der Waals surface area contributed by atoms with Crippen molar-refractivity contribution in [3.8, 4) is 0 Å². The second kappa shape index (κ2) is 62.3. The molecule has 0 bridgehead atoms. The quantitative estimate of drug-likeness (QED) is 0.0195. The molecule has 1 amide bonds. The summed E-state index contributed by atoms with van der Waals surface area (Å²) in [4.78, 5) is 26.7. The van der Waals surface area contributed by atoms with Crippen LogP contribution in [0.5, 0.6) is 0 Å². The van der Waals surface area contributed by atoms with Gasteiger partial charge in [-0.25, -0.2) is 0 Å². The van der Waals surface area contributed by atoms with Crippen molar-refractivity contribution in [1.82, 2.24) is 5.32 Å². The molecule has 0 radical (unpaired) electrons. The van der Waals surface area contributed by atoms with Gasteiger partial charge in [0.05, 0.1) is 25.4 Å². The molecule has 0 spiro atoms. The number of hydrogen-bond acceptors (Lipinski definition) is 10. The molecule has 0 aromatic rings. The van der Waals surface area contributed by atoms with Crippen LogP contribution in [-0.2, 0) is 23.8 Å². The molecule has 0 aromatic heterocycles. The van der Waals surface area contributed by atoms with Crippen LogP contribution in [-0.4, -0.2) is 99.6 Å². The number of hydrogen-bond donors (Lipinski definition) is 6. The van der Waals surface area contributed by atoms with Crippen LogP contribution in [0.25, 0.3) is 0 Å². The molecule has 86 heavy (non-hydrogen) atoms. The van der Waals surface area contributed by atoms with E-state index in [1.165, 1.54) is 205 Å². The van der Waals surface area contributed by atoms with Crippen LogP contribution < -0.4 is 5.32 Å². The van der Waals surface area contributed by atoms with Crippen molar-refractivity contribution in [2.75, 3.05) is 13.2 Å². The first kappa shape index (κ1) is 81.1. The van der Waals surface area contributed by atoms with Gasteiger partial charge >= 0.3 is 5.97 Å². The van der Waals surface area contributed by atoms with E-state index in [4.69, 9.17) is 14.2 Å². The lowest BCUT2D eigenvalue weighted by atomic mass is 9.99. The van der Waals surface area contributed by atoms with Gasteiger partial charge in [-0.3, -0.25) is 9.59 Å². The summed E-state index contributed by atoms with van der Waals surface area (Å²) in [7, 11) is 0. The van der Waals surface area contributed by atoms with Crippen LogP contribution >= 0.6 is 0 Å². The van der Waals surface area contributed by atoms with Crippen LogP contribution in [0.4, 0.5) is 0 Å². The lowest BCUT2D eigenvalue weighted by molar-refractivity contribution is -0.305. The number of unbranched alkanes of at least 4 members (excludes halogenated alkanes) is 38. The van der Waals surface area contributed by atoms with Crippen molar-refractivity contribution in [3.05, 3.63) is 72.9 Å². The molecule has 1 rings (SSSR count). The molecule has 11 heteroatoms. The van der Waals surface area contributed by atoms with Gasteiger partial charge in [0.2, 0.25) is 5.91 Å². The third kappa shape index (κ3) is 49.0. The molecular weight excluding hydrogens is 1070 g/mol. The average molecular weight is 1210 g/mol. The highest BCUT2D eigenvalue weighted by molar-refractivity contribution is 5.80. The summed E-state index contributed by atoms with van der Waals surface area (Å²) in [5.74, 6) is -1.22. The second-order valence-corrected chi connectivity index (χ2v) is 25.0. The number of aliphatic hydroxyl groups is 5. The van der Waals surface area contributed by atoms with Crippen molar-refractivity contribution in [3.63, 3.8) is 0 Å². The minimum Gasteiger partial charge on any atom is -0.454 e. The van der Waals surface area contributed by atoms with Gasteiger partial charge in [0, 0.05) is 6.42 Å². The van der Waals surface area contributed by atoms with Gasteiger partial charge in [0.15, 0.2) is 12.4 Å². The number of esters is 1. The van der Waals surface area contributed by atoms with E-state index in [0.29, 0.717) is 12.8 Å². The Bertz CT molecular complexity index is 1680. The lowest BCUT2D eigenvalue weighted by Gasteiger charge is -2.41. The molecule has 8 unspecified atom stereocenters. The van der Waals surface area contributed by atoms with Crippen LogP contribution in [0.15, 0.2) is 72.9 Å². The van der Waals surface area contributed by atoms with E-state index in [9.17, 15) is 35.1 Å². The SMILES string of the molecule is CCCCC/C=C\C/C=C\C/C=C\C/C=C\CCCCC(O)C(=O)NC(COC1OC(CO)C(O)C(O)C1OC(=O)CCCCCCCCCCCCCCCCCCC/C=C/CCCCCCCC)C(O)/C=C/CCCCCCCCCCCC. The fourth-order valence-corrected chi connectivity index (χ4v) is 11.1. The van der Waals surface area contributed by atoms with E-state index in [0.717, 1.165) is 77.0 Å². The number of rotatable bonds is 62. The van der Waals surface area contributed by atoms with E-state index < -0.39 is 67.4 Å². The Hall–Kier alpha value is -2.90. The van der Waals surface area contributed by atoms with Gasteiger partial charge in [-0.15, -0.1) is 0 Å². The van der Waals surface area contributed by atoms with E-state index >= 15 is 0 Å². The predicted octanol–water partition coefficient (Wildman–Crippen LogP) is 18.7. The maximum atomic E-state index is 13.5. The summed E-state index contributed by atoms with van der Waals surface area (Å²) in [5, 5.41) is 57.2. The number of allylic oxidation sites excluding steroid dienone is 11. The van der Waals surface area contributed by atoms with E-state index in [1.807, 2.05) is 6.08 Å². The number of nitrogens with one attached hydrogen (secondary N) is 1. The predicted molar refractivity (Wildman–Crippen MR) is 361 cm³/mol. The molecule has 11 nitrogen and oxygen atoms in total. The summed E-state index contributed by atoms with van der Waals surface area (Å²) >= 11 is 0. The standard InChI is InChI=1S/C75H135NO10/c1-4-7-10-13-16-19-22-25-27-29-31-32-33-34-35-36-37-38-39-41-43-45-48-51-54-57-60-63-70(80)86-73-72(82)71(81)69(64-77)85-75(73)84-65-66(67(78)61-58-55-52-49-46-24-21-18-15-12-9-6-3)76-74(83)68(79)62-59-56-53-50-47-44-42-40-30-28-26-23-20-17-14-11-8-5-2/h17,20,25-28,40,42,47,50,58,61,66-69,71-73,75,77-79,81-82H,4-16,18-19,21-24,29-39,41,43-46,48-49,51-57,59-60,62-65H2,1-3H3,(H,76,83)/b20-17-,27-25+,28-26-,42-40-,50-47-,61-58+. The first-order valence-electron chi connectivity index (χ1n) is 36.2. The number of carbonyl (C=O) groups is 2. The number of aliphatic hydroxyl groups excluding tert-OH is 5.